The van der Waals surface area contributed by atoms with Crippen molar-refractivity contribution in [2.24, 2.45) is 0 Å². The van der Waals surface area contributed by atoms with E-state index in [0.29, 0.717) is 17.2 Å². The molecule has 1 rings (SSSR count). The van der Waals surface area contributed by atoms with Crippen LogP contribution >= 0.6 is 11.3 Å². The highest BCUT2D eigenvalue weighted by atomic mass is 32.1. The number of amides is 1. The molecule has 0 atom stereocenters. The van der Waals surface area contributed by atoms with Gasteiger partial charge in [-0.15, -0.1) is 6.58 Å². The molecule has 1 amide bonds. The quantitative estimate of drug-likeness (QED) is 0.585. The lowest BCUT2D eigenvalue weighted by Gasteiger charge is -2.10. The summed E-state index contributed by atoms with van der Waals surface area (Å²) in [5.41, 5.74) is 5.76. The Hall–Kier alpha value is -1.56. The molecule has 0 bridgehead atoms. The standard InChI is InChI=1S/C12H20N4OS/c1-4-6-7-8-14-11(17)9-10(13)15-12(18-9)16(3)5-2/h4H,1,5-8,13H2,2-3H3,(H,14,17). The first kappa shape index (κ1) is 14.5. The third-order valence-corrected chi connectivity index (χ3v) is 3.70. The number of allylic oxidation sites excluding steroid dienone is 1. The molecule has 1 heterocycles. The van der Waals surface area contributed by atoms with Gasteiger partial charge in [0, 0.05) is 20.1 Å². The fraction of sp³-hybridized carbons (Fsp3) is 0.500. The molecule has 0 fully saturated rings. The number of rotatable bonds is 7. The summed E-state index contributed by atoms with van der Waals surface area (Å²) in [5, 5.41) is 3.60. The lowest BCUT2D eigenvalue weighted by Crippen LogP contribution is -2.24. The van der Waals surface area contributed by atoms with Crippen LogP contribution in [-0.2, 0) is 0 Å². The molecule has 6 heteroatoms. The number of anilines is 2. The SMILES string of the molecule is C=CCCCNC(=O)c1sc(N(C)CC)nc1N. The molecule has 0 spiro atoms. The summed E-state index contributed by atoms with van der Waals surface area (Å²) in [6.45, 7) is 7.11. The number of nitrogens with two attached hydrogens (primary N) is 1. The normalized spacial score (nSPS) is 10.1. The zero-order chi connectivity index (χ0) is 13.5. The number of hydrogen-bond donors (Lipinski definition) is 2. The van der Waals surface area contributed by atoms with Crippen LogP contribution in [0.3, 0.4) is 0 Å². The molecule has 0 aliphatic rings. The van der Waals surface area contributed by atoms with Crippen molar-refractivity contribution in [1.29, 1.82) is 0 Å². The summed E-state index contributed by atoms with van der Waals surface area (Å²) in [5.74, 6) is 0.154. The average molecular weight is 268 g/mol. The number of nitrogens with one attached hydrogen (secondary N) is 1. The zero-order valence-corrected chi connectivity index (χ0v) is 11.7. The van der Waals surface area contributed by atoms with Gasteiger partial charge in [0.2, 0.25) is 0 Å². The van der Waals surface area contributed by atoms with Gasteiger partial charge in [-0.2, -0.15) is 0 Å². The fourth-order valence-electron chi connectivity index (χ4n) is 1.31. The molecule has 100 valence electrons. The number of nitrogens with zero attached hydrogens (tertiary/aromatic N) is 2. The van der Waals surface area contributed by atoms with E-state index in [1.807, 2.05) is 24.9 Å². The van der Waals surface area contributed by atoms with Crippen LogP contribution < -0.4 is 16.0 Å². The largest absolute Gasteiger partial charge is 0.382 e. The van der Waals surface area contributed by atoms with Crippen LogP contribution in [0.1, 0.15) is 29.4 Å². The highest BCUT2D eigenvalue weighted by molar-refractivity contribution is 7.18. The maximum Gasteiger partial charge on any atom is 0.265 e. The lowest BCUT2D eigenvalue weighted by molar-refractivity contribution is 0.0958. The highest BCUT2D eigenvalue weighted by Crippen LogP contribution is 2.27. The molecule has 0 aromatic carbocycles. The number of nitrogen functional groups attached to an aromatic ring is 1. The van der Waals surface area contributed by atoms with Crippen LogP contribution in [0, 0.1) is 0 Å². The Morgan fingerprint density at radius 3 is 3.00 bits per heavy atom. The van der Waals surface area contributed by atoms with Crippen molar-refractivity contribution in [2.75, 3.05) is 30.8 Å². The van der Waals surface area contributed by atoms with Crippen molar-refractivity contribution in [3.05, 3.63) is 17.5 Å². The second-order valence-corrected chi connectivity index (χ2v) is 4.89. The van der Waals surface area contributed by atoms with Crippen LogP contribution in [0.4, 0.5) is 10.9 Å². The van der Waals surface area contributed by atoms with Crippen LogP contribution in [-0.4, -0.2) is 31.0 Å². The van der Waals surface area contributed by atoms with Gasteiger partial charge >= 0.3 is 0 Å². The van der Waals surface area contributed by atoms with Gasteiger partial charge in [-0.1, -0.05) is 17.4 Å². The molecule has 18 heavy (non-hydrogen) atoms. The van der Waals surface area contributed by atoms with Gasteiger partial charge < -0.3 is 16.0 Å². The lowest BCUT2D eigenvalue weighted by atomic mass is 10.3. The minimum atomic E-state index is -0.148. The minimum Gasteiger partial charge on any atom is -0.382 e. The Bertz CT molecular complexity index is 416. The molecule has 0 unspecified atom stereocenters. The number of carbonyl (C=O) groups excluding carboxylic acids is 1. The first-order valence-corrected chi connectivity index (χ1v) is 6.78. The zero-order valence-electron chi connectivity index (χ0n) is 10.9. The van der Waals surface area contributed by atoms with E-state index in [0.717, 1.165) is 24.5 Å². The van der Waals surface area contributed by atoms with Gasteiger partial charge in [0.25, 0.3) is 5.91 Å². The van der Waals surface area contributed by atoms with E-state index in [2.05, 4.69) is 16.9 Å². The van der Waals surface area contributed by atoms with E-state index >= 15 is 0 Å². The molecule has 5 nitrogen and oxygen atoms in total. The number of unbranched alkanes of at least 4 members (excludes halogenated alkanes) is 1. The highest BCUT2D eigenvalue weighted by Gasteiger charge is 2.17. The predicted molar refractivity (Wildman–Crippen MR) is 77.2 cm³/mol. The van der Waals surface area contributed by atoms with Crippen LogP contribution in [0.25, 0.3) is 0 Å². The third kappa shape index (κ3) is 3.73. The third-order valence-electron chi connectivity index (χ3n) is 2.52. The first-order chi connectivity index (χ1) is 8.60. The monoisotopic (exact) mass is 268 g/mol. The Morgan fingerprint density at radius 2 is 2.39 bits per heavy atom. The topological polar surface area (TPSA) is 71.2 Å². The van der Waals surface area contributed by atoms with Crippen molar-refractivity contribution < 1.29 is 4.79 Å². The fourth-order valence-corrected chi connectivity index (χ4v) is 2.24. The summed E-state index contributed by atoms with van der Waals surface area (Å²) in [7, 11) is 1.92. The number of aromatic nitrogens is 1. The molecule has 0 saturated carbocycles. The number of thiazole rings is 1. The smallest absolute Gasteiger partial charge is 0.265 e. The molecule has 0 aliphatic heterocycles. The van der Waals surface area contributed by atoms with Crippen molar-refractivity contribution in [3.8, 4) is 0 Å². The van der Waals surface area contributed by atoms with E-state index in [-0.39, 0.29) is 5.91 Å². The van der Waals surface area contributed by atoms with Gasteiger partial charge in [-0.3, -0.25) is 4.79 Å². The van der Waals surface area contributed by atoms with E-state index in [1.54, 1.807) is 0 Å². The summed E-state index contributed by atoms with van der Waals surface area (Å²) >= 11 is 1.32. The van der Waals surface area contributed by atoms with Gasteiger partial charge in [0.1, 0.15) is 10.7 Å². The maximum absolute atomic E-state index is 11.9. The summed E-state index contributed by atoms with van der Waals surface area (Å²) < 4.78 is 0. The van der Waals surface area contributed by atoms with E-state index in [9.17, 15) is 4.79 Å². The Kier molecular flexibility index (Phi) is 5.64. The first-order valence-electron chi connectivity index (χ1n) is 5.96. The van der Waals surface area contributed by atoms with Gasteiger partial charge in [-0.25, -0.2) is 4.98 Å². The van der Waals surface area contributed by atoms with Crippen molar-refractivity contribution >= 4 is 28.2 Å². The molecule has 1 aromatic rings. The Labute approximate surface area is 112 Å². The van der Waals surface area contributed by atoms with Crippen molar-refractivity contribution in [3.63, 3.8) is 0 Å². The molecule has 3 N–H and O–H groups in total. The van der Waals surface area contributed by atoms with E-state index in [4.69, 9.17) is 5.73 Å². The summed E-state index contributed by atoms with van der Waals surface area (Å²) in [4.78, 5) is 18.5. The van der Waals surface area contributed by atoms with Gasteiger partial charge in [-0.05, 0) is 19.8 Å². The van der Waals surface area contributed by atoms with Gasteiger partial charge in [0.15, 0.2) is 5.13 Å². The Balaban J connectivity index is 2.62. The number of hydrogen-bond acceptors (Lipinski definition) is 5. The Morgan fingerprint density at radius 1 is 1.67 bits per heavy atom. The van der Waals surface area contributed by atoms with Crippen LogP contribution in [0.15, 0.2) is 12.7 Å². The second kappa shape index (κ2) is 7.00. The number of carbonyl (C=O) groups is 1. The van der Waals surface area contributed by atoms with Crippen LogP contribution in [0.2, 0.25) is 0 Å². The van der Waals surface area contributed by atoms with Crippen molar-refractivity contribution in [1.82, 2.24) is 10.3 Å². The van der Waals surface area contributed by atoms with Gasteiger partial charge in [0.05, 0.1) is 0 Å². The second-order valence-electron chi connectivity index (χ2n) is 3.91. The summed E-state index contributed by atoms with van der Waals surface area (Å²) in [6.07, 6.45) is 3.61. The molecule has 1 aromatic heterocycles. The molecule has 0 radical (unpaired) electrons. The summed E-state index contributed by atoms with van der Waals surface area (Å²) in [6, 6.07) is 0. The van der Waals surface area contributed by atoms with E-state index in [1.165, 1.54) is 11.3 Å². The molecular weight excluding hydrogens is 248 g/mol. The maximum atomic E-state index is 11.9. The van der Waals surface area contributed by atoms with E-state index < -0.39 is 0 Å². The predicted octanol–water partition coefficient (Wildman–Crippen LogP) is 1.88. The molecular formula is C12H20N4OS. The van der Waals surface area contributed by atoms with Crippen LogP contribution in [0.5, 0.6) is 0 Å². The molecule has 0 saturated heterocycles. The molecule has 0 aliphatic carbocycles. The van der Waals surface area contributed by atoms with Crippen molar-refractivity contribution in [2.45, 2.75) is 19.8 Å². The minimum absolute atomic E-state index is 0.148. The average Bonchev–Trinajstić information content (AvgIpc) is 2.75.